The van der Waals surface area contributed by atoms with Crippen molar-refractivity contribution >= 4 is 5.88 Å². The number of oxazole rings is 1. The van der Waals surface area contributed by atoms with Crippen molar-refractivity contribution in [3.8, 4) is 17.6 Å². The van der Waals surface area contributed by atoms with Crippen LogP contribution in [-0.2, 0) is 4.74 Å². The van der Waals surface area contributed by atoms with E-state index in [1.165, 1.54) is 0 Å². The van der Waals surface area contributed by atoms with Gasteiger partial charge in [-0.2, -0.15) is 5.26 Å². The highest BCUT2D eigenvalue weighted by Crippen LogP contribution is 2.43. The first-order valence-corrected chi connectivity index (χ1v) is 10.1. The molecule has 1 saturated heterocycles. The Labute approximate surface area is 176 Å². The molecule has 4 rings (SSSR count). The molecule has 0 bridgehead atoms. The lowest BCUT2D eigenvalue weighted by Gasteiger charge is -2.26. The highest BCUT2D eigenvalue weighted by molar-refractivity contribution is 5.62. The van der Waals surface area contributed by atoms with Gasteiger partial charge in [-0.15, -0.1) is 0 Å². The Morgan fingerprint density at radius 3 is 2.80 bits per heavy atom. The van der Waals surface area contributed by atoms with E-state index in [0.717, 1.165) is 44.1 Å². The summed E-state index contributed by atoms with van der Waals surface area (Å²) in [6.45, 7) is 8.46. The van der Waals surface area contributed by atoms with Crippen molar-refractivity contribution < 1.29 is 18.6 Å². The Hall–Kier alpha value is -3.02. The number of rotatable bonds is 6. The van der Waals surface area contributed by atoms with Gasteiger partial charge in [0.25, 0.3) is 0 Å². The fourth-order valence-corrected chi connectivity index (χ4v) is 3.88. The van der Waals surface area contributed by atoms with Gasteiger partial charge in [0, 0.05) is 32.3 Å². The number of benzene rings is 1. The number of methoxy groups -OCH3 is 1. The van der Waals surface area contributed by atoms with Gasteiger partial charge in [0.1, 0.15) is 12.3 Å². The van der Waals surface area contributed by atoms with Crippen LogP contribution >= 0.6 is 0 Å². The predicted octanol–water partition coefficient (Wildman–Crippen LogP) is 3.06. The van der Waals surface area contributed by atoms with Gasteiger partial charge in [0.05, 0.1) is 37.9 Å². The maximum Gasteiger partial charge on any atom is 0.222 e. The first kappa shape index (κ1) is 20.3. The van der Waals surface area contributed by atoms with Crippen LogP contribution in [0.4, 0.5) is 5.88 Å². The Balaban J connectivity index is 1.56. The molecule has 3 heterocycles. The van der Waals surface area contributed by atoms with Crippen LogP contribution in [0, 0.1) is 18.3 Å². The van der Waals surface area contributed by atoms with E-state index in [1.807, 2.05) is 25.1 Å². The lowest BCUT2D eigenvalue weighted by Crippen LogP contribution is -2.38. The van der Waals surface area contributed by atoms with Crippen molar-refractivity contribution in [2.45, 2.75) is 19.8 Å². The maximum absolute atomic E-state index is 9.77. The largest absolute Gasteiger partial charge is 0.493 e. The Morgan fingerprint density at radius 2 is 2.07 bits per heavy atom. The lowest BCUT2D eigenvalue weighted by atomic mass is 9.85. The molecule has 2 aliphatic heterocycles. The summed E-state index contributed by atoms with van der Waals surface area (Å²) >= 11 is 0. The number of morpholine rings is 1. The minimum atomic E-state index is -0.319. The van der Waals surface area contributed by atoms with Gasteiger partial charge in [-0.1, -0.05) is 6.07 Å². The van der Waals surface area contributed by atoms with Crippen molar-refractivity contribution in [1.82, 2.24) is 9.88 Å². The summed E-state index contributed by atoms with van der Waals surface area (Å²) in [5, 5.41) is 12.9. The average molecular weight is 410 g/mol. The number of anilines is 1. The molecular weight excluding hydrogens is 384 g/mol. The zero-order chi connectivity index (χ0) is 21.1. The first-order chi connectivity index (χ1) is 14.6. The Morgan fingerprint density at radius 1 is 1.27 bits per heavy atom. The Kier molecular flexibility index (Phi) is 5.93. The molecule has 30 heavy (non-hydrogen) atoms. The second-order valence-corrected chi connectivity index (χ2v) is 7.37. The van der Waals surface area contributed by atoms with E-state index in [1.54, 1.807) is 14.0 Å². The van der Waals surface area contributed by atoms with Gasteiger partial charge >= 0.3 is 0 Å². The van der Waals surface area contributed by atoms with Crippen LogP contribution < -0.4 is 14.8 Å². The fourth-order valence-electron chi connectivity index (χ4n) is 3.88. The highest BCUT2D eigenvalue weighted by atomic mass is 16.5. The van der Waals surface area contributed by atoms with Gasteiger partial charge in [-0.3, -0.25) is 4.90 Å². The van der Waals surface area contributed by atoms with E-state index in [-0.39, 0.29) is 5.92 Å². The number of hydrogen-bond donors (Lipinski definition) is 1. The SMILES string of the molecule is COc1cc([C@@H]2C(C#N)=C(C)Nc3oc(C)nc32)ccc1OCCN1CCOCC1. The molecule has 1 N–H and O–H groups in total. The number of hydrogen-bond acceptors (Lipinski definition) is 8. The first-order valence-electron chi connectivity index (χ1n) is 10.1. The molecule has 1 fully saturated rings. The molecule has 1 aromatic heterocycles. The molecule has 1 atom stereocenters. The van der Waals surface area contributed by atoms with Crippen LogP contribution in [-0.4, -0.2) is 56.4 Å². The molecule has 0 aliphatic carbocycles. The van der Waals surface area contributed by atoms with Crippen molar-refractivity contribution in [2.24, 2.45) is 0 Å². The van der Waals surface area contributed by atoms with E-state index in [0.29, 0.717) is 41.1 Å². The van der Waals surface area contributed by atoms with E-state index in [2.05, 4.69) is 21.3 Å². The van der Waals surface area contributed by atoms with Crippen molar-refractivity contribution in [3.63, 3.8) is 0 Å². The van der Waals surface area contributed by atoms with Crippen LogP contribution in [0.5, 0.6) is 11.5 Å². The molecule has 0 radical (unpaired) electrons. The molecule has 0 amide bonds. The molecule has 1 aromatic carbocycles. The van der Waals surface area contributed by atoms with Crippen molar-refractivity contribution in [2.75, 3.05) is 51.9 Å². The lowest BCUT2D eigenvalue weighted by molar-refractivity contribution is 0.0321. The zero-order valence-electron chi connectivity index (χ0n) is 17.5. The van der Waals surface area contributed by atoms with E-state index in [4.69, 9.17) is 18.6 Å². The van der Waals surface area contributed by atoms with E-state index < -0.39 is 0 Å². The number of nitrogens with one attached hydrogen (secondary N) is 1. The molecular formula is C22H26N4O4. The molecule has 8 heteroatoms. The maximum atomic E-state index is 9.77. The van der Waals surface area contributed by atoms with Crippen molar-refractivity contribution in [3.05, 3.63) is 46.6 Å². The number of nitrogens with zero attached hydrogens (tertiary/aromatic N) is 3. The third-order valence-corrected chi connectivity index (χ3v) is 5.44. The summed E-state index contributed by atoms with van der Waals surface area (Å²) in [5.41, 5.74) is 2.98. The van der Waals surface area contributed by atoms with Gasteiger partial charge in [-0.05, 0) is 24.6 Å². The summed E-state index contributed by atoms with van der Waals surface area (Å²) in [5.74, 6) is 2.13. The quantitative estimate of drug-likeness (QED) is 0.777. The third kappa shape index (κ3) is 3.99. The minimum Gasteiger partial charge on any atom is -0.493 e. The van der Waals surface area contributed by atoms with Crippen LogP contribution in [0.1, 0.15) is 30.0 Å². The van der Waals surface area contributed by atoms with E-state index in [9.17, 15) is 5.26 Å². The summed E-state index contributed by atoms with van der Waals surface area (Å²) in [6, 6.07) is 8.09. The standard InChI is InChI=1S/C22H26N4O4/c1-14-17(13-23)20(21-22(24-14)30-15(2)25-21)16-4-5-18(19(12-16)27-3)29-11-8-26-6-9-28-10-7-26/h4-5,12,20,24H,6-11H2,1-3H3/t20-/m1/s1. The summed E-state index contributed by atoms with van der Waals surface area (Å²) in [6.07, 6.45) is 0. The van der Waals surface area contributed by atoms with Crippen molar-refractivity contribution in [1.29, 1.82) is 5.26 Å². The predicted molar refractivity (Wildman–Crippen MR) is 111 cm³/mol. The van der Waals surface area contributed by atoms with Gasteiger partial charge < -0.3 is 23.9 Å². The minimum absolute atomic E-state index is 0.319. The van der Waals surface area contributed by atoms with Crippen LogP contribution in [0.3, 0.4) is 0 Å². The number of allylic oxidation sites excluding steroid dienone is 2. The van der Waals surface area contributed by atoms with Crippen LogP contribution in [0.25, 0.3) is 0 Å². The average Bonchev–Trinajstić information content (AvgIpc) is 3.13. The smallest absolute Gasteiger partial charge is 0.222 e. The molecule has 0 unspecified atom stereocenters. The second kappa shape index (κ2) is 8.78. The van der Waals surface area contributed by atoms with Gasteiger partial charge in [-0.25, -0.2) is 4.98 Å². The van der Waals surface area contributed by atoms with Gasteiger partial charge in [0.2, 0.25) is 5.88 Å². The topological polar surface area (TPSA) is 92.8 Å². The fraction of sp³-hybridized carbons (Fsp3) is 0.455. The van der Waals surface area contributed by atoms with E-state index >= 15 is 0 Å². The summed E-state index contributed by atoms with van der Waals surface area (Å²) in [7, 11) is 1.62. The molecule has 158 valence electrons. The highest BCUT2D eigenvalue weighted by Gasteiger charge is 2.33. The number of fused-ring (bicyclic) bond motifs is 1. The molecule has 0 spiro atoms. The molecule has 2 aromatic rings. The second-order valence-electron chi connectivity index (χ2n) is 7.37. The Bertz CT molecular complexity index is 986. The van der Waals surface area contributed by atoms with Crippen LogP contribution in [0.2, 0.25) is 0 Å². The third-order valence-electron chi connectivity index (χ3n) is 5.44. The molecule has 8 nitrogen and oxygen atoms in total. The number of ether oxygens (including phenoxy) is 3. The normalized spacial score (nSPS) is 19.1. The van der Waals surface area contributed by atoms with Gasteiger partial charge in [0.15, 0.2) is 17.4 Å². The monoisotopic (exact) mass is 410 g/mol. The number of aryl methyl sites for hydroxylation is 1. The summed E-state index contributed by atoms with van der Waals surface area (Å²) < 4.78 is 22.6. The molecule has 2 aliphatic rings. The molecule has 0 saturated carbocycles. The summed E-state index contributed by atoms with van der Waals surface area (Å²) in [4.78, 5) is 6.84. The number of aromatic nitrogens is 1. The zero-order valence-corrected chi connectivity index (χ0v) is 17.5. The van der Waals surface area contributed by atoms with Crippen LogP contribution in [0.15, 0.2) is 33.9 Å². The number of nitriles is 1.